The molecule has 4 aliphatic carbocycles. The molecule has 0 aliphatic heterocycles. The van der Waals surface area contributed by atoms with Crippen molar-refractivity contribution in [3.63, 3.8) is 0 Å². The van der Waals surface area contributed by atoms with Crippen LogP contribution in [0.25, 0.3) is 0 Å². The molecule has 0 spiro atoms. The zero-order valence-corrected chi connectivity index (χ0v) is 14.8. The van der Waals surface area contributed by atoms with Gasteiger partial charge in [-0.1, -0.05) is 0 Å². The van der Waals surface area contributed by atoms with Gasteiger partial charge in [-0.15, -0.1) is 24.8 Å². The first kappa shape index (κ1) is 18.9. The third-order valence-corrected chi connectivity index (χ3v) is 5.67. The molecular weight excluding hydrogens is 311 g/mol. The van der Waals surface area contributed by atoms with Gasteiger partial charge in [0.1, 0.15) is 0 Å². The molecule has 4 rings (SSSR count). The van der Waals surface area contributed by atoms with Gasteiger partial charge in [0.2, 0.25) is 0 Å². The van der Waals surface area contributed by atoms with Crippen LogP contribution in [0.3, 0.4) is 0 Å². The highest BCUT2D eigenvalue weighted by molar-refractivity contribution is 7.80. The van der Waals surface area contributed by atoms with E-state index in [9.17, 15) is 0 Å². The van der Waals surface area contributed by atoms with E-state index in [2.05, 4.69) is 23.3 Å². The first-order valence-corrected chi connectivity index (χ1v) is 8.49. The van der Waals surface area contributed by atoms with Gasteiger partial charge in [-0.3, -0.25) is 0 Å². The van der Waals surface area contributed by atoms with Crippen molar-refractivity contribution in [1.29, 1.82) is 0 Å². The minimum absolute atomic E-state index is 0. The van der Waals surface area contributed by atoms with Crippen molar-refractivity contribution in [1.82, 2.24) is 10.6 Å². The molecular formula is C15H30Cl2N2S. The van der Waals surface area contributed by atoms with Crippen LogP contribution >= 0.6 is 37.4 Å². The van der Waals surface area contributed by atoms with Gasteiger partial charge >= 0.3 is 0 Å². The van der Waals surface area contributed by atoms with Crippen molar-refractivity contribution in [3.05, 3.63) is 0 Å². The Morgan fingerprint density at radius 3 is 1.90 bits per heavy atom. The molecule has 0 atom stereocenters. The predicted octanol–water partition coefficient (Wildman–Crippen LogP) is 3.30. The number of rotatable bonds is 7. The first-order chi connectivity index (χ1) is 8.80. The Morgan fingerprint density at radius 2 is 1.40 bits per heavy atom. The second-order valence-corrected chi connectivity index (χ2v) is 7.40. The Bertz CT molecular complexity index is 254. The van der Waals surface area contributed by atoms with Gasteiger partial charge in [0.15, 0.2) is 0 Å². The number of nitrogens with one attached hydrogen (secondary N) is 2. The molecule has 5 heteroatoms. The molecule has 0 aromatic heterocycles. The predicted molar refractivity (Wildman–Crippen MR) is 94.7 cm³/mol. The average Bonchev–Trinajstić information content (AvgIpc) is 2.32. The molecule has 4 bridgehead atoms. The molecule has 4 aliphatic rings. The van der Waals surface area contributed by atoms with Gasteiger partial charge in [-0.25, -0.2) is 0 Å². The van der Waals surface area contributed by atoms with E-state index in [1.54, 1.807) is 19.3 Å². The number of halogens is 2. The standard InChI is InChI=1S/C15H28N2S.2ClH/c18-5-1-2-16-3-4-17-15-9-12-6-13(10-15)8-14(7-12)11-15;;/h12-14,16-18H,1-11H2;2*1H. The zero-order chi connectivity index (χ0) is 12.4. The summed E-state index contributed by atoms with van der Waals surface area (Å²) in [6, 6.07) is 0. The van der Waals surface area contributed by atoms with Crippen LogP contribution in [-0.2, 0) is 0 Å². The van der Waals surface area contributed by atoms with Gasteiger partial charge in [0.05, 0.1) is 0 Å². The van der Waals surface area contributed by atoms with Crippen molar-refractivity contribution in [3.8, 4) is 0 Å². The molecule has 0 unspecified atom stereocenters. The third kappa shape index (κ3) is 4.42. The quantitative estimate of drug-likeness (QED) is 0.489. The van der Waals surface area contributed by atoms with E-state index in [-0.39, 0.29) is 24.8 Å². The summed E-state index contributed by atoms with van der Waals surface area (Å²) < 4.78 is 0. The fourth-order valence-electron chi connectivity index (χ4n) is 5.07. The largest absolute Gasteiger partial charge is 0.315 e. The van der Waals surface area contributed by atoms with Crippen molar-refractivity contribution < 1.29 is 0 Å². The van der Waals surface area contributed by atoms with Crippen LogP contribution in [0.15, 0.2) is 0 Å². The molecule has 0 aromatic carbocycles. The Morgan fingerprint density at radius 1 is 0.850 bits per heavy atom. The minimum Gasteiger partial charge on any atom is -0.315 e. The van der Waals surface area contributed by atoms with Crippen molar-refractivity contribution in [2.75, 3.05) is 25.4 Å². The van der Waals surface area contributed by atoms with Crippen LogP contribution in [0, 0.1) is 17.8 Å². The number of hydrogen-bond acceptors (Lipinski definition) is 3. The lowest BCUT2D eigenvalue weighted by atomic mass is 9.53. The summed E-state index contributed by atoms with van der Waals surface area (Å²) in [5.74, 6) is 4.16. The molecule has 4 saturated carbocycles. The molecule has 4 fully saturated rings. The highest BCUT2D eigenvalue weighted by Gasteiger charge is 2.50. The maximum absolute atomic E-state index is 4.23. The van der Waals surface area contributed by atoms with Crippen LogP contribution in [0.5, 0.6) is 0 Å². The van der Waals surface area contributed by atoms with E-state index >= 15 is 0 Å². The van der Waals surface area contributed by atoms with E-state index in [0.717, 1.165) is 43.1 Å². The lowest BCUT2D eigenvalue weighted by molar-refractivity contribution is -0.0192. The lowest BCUT2D eigenvalue weighted by Crippen LogP contribution is -2.59. The van der Waals surface area contributed by atoms with Crippen molar-refractivity contribution >= 4 is 37.4 Å². The lowest BCUT2D eigenvalue weighted by Gasteiger charge is -2.57. The average molecular weight is 341 g/mol. The van der Waals surface area contributed by atoms with E-state index in [1.807, 2.05) is 0 Å². The molecule has 0 radical (unpaired) electrons. The summed E-state index contributed by atoms with van der Waals surface area (Å²) in [7, 11) is 0. The van der Waals surface area contributed by atoms with Crippen molar-refractivity contribution in [2.45, 2.75) is 50.5 Å². The summed E-state index contributed by atoms with van der Waals surface area (Å²) >= 11 is 4.23. The van der Waals surface area contributed by atoms with Gasteiger partial charge in [-0.2, -0.15) is 12.6 Å². The zero-order valence-electron chi connectivity index (χ0n) is 12.3. The van der Waals surface area contributed by atoms with Gasteiger partial charge < -0.3 is 10.6 Å². The fraction of sp³-hybridized carbons (Fsp3) is 1.00. The van der Waals surface area contributed by atoms with Gasteiger partial charge in [-0.05, 0) is 75.0 Å². The maximum atomic E-state index is 4.23. The van der Waals surface area contributed by atoms with Crippen LogP contribution in [-0.4, -0.2) is 30.9 Å². The third-order valence-electron chi connectivity index (χ3n) is 5.35. The molecule has 0 saturated heterocycles. The van der Waals surface area contributed by atoms with Crippen LogP contribution < -0.4 is 10.6 Å². The normalized spacial score (nSPS) is 37.4. The summed E-state index contributed by atoms with van der Waals surface area (Å²) in [6.07, 6.45) is 10.2. The second-order valence-electron chi connectivity index (χ2n) is 6.95. The molecule has 0 amide bonds. The summed E-state index contributed by atoms with van der Waals surface area (Å²) in [4.78, 5) is 0. The van der Waals surface area contributed by atoms with E-state index in [4.69, 9.17) is 0 Å². The van der Waals surface area contributed by atoms with E-state index in [0.29, 0.717) is 5.54 Å². The molecule has 2 nitrogen and oxygen atoms in total. The van der Waals surface area contributed by atoms with Crippen LogP contribution in [0.1, 0.15) is 44.9 Å². The highest BCUT2D eigenvalue weighted by Crippen LogP contribution is 2.55. The monoisotopic (exact) mass is 340 g/mol. The van der Waals surface area contributed by atoms with E-state index in [1.165, 1.54) is 25.7 Å². The second kappa shape index (κ2) is 8.47. The molecule has 0 heterocycles. The molecule has 0 aromatic rings. The Balaban J connectivity index is 0.000001000. The highest BCUT2D eigenvalue weighted by atomic mass is 35.5. The van der Waals surface area contributed by atoms with Gasteiger partial charge in [0.25, 0.3) is 0 Å². The Hall–Kier alpha value is 0.850. The van der Waals surface area contributed by atoms with Crippen LogP contribution in [0.4, 0.5) is 0 Å². The van der Waals surface area contributed by atoms with Gasteiger partial charge in [0, 0.05) is 18.6 Å². The minimum atomic E-state index is 0. The van der Waals surface area contributed by atoms with Crippen molar-refractivity contribution in [2.24, 2.45) is 17.8 Å². The Kier molecular flexibility index (Phi) is 8.01. The maximum Gasteiger partial charge on any atom is 0.0190 e. The van der Waals surface area contributed by atoms with Crippen LogP contribution in [0.2, 0.25) is 0 Å². The number of hydrogen-bond donors (Lipinski definition) is 3. The molecule has 20 heavy (non-hydrogen) atoms. The Labute approximate surface area is 141 Å². The molecule has 120 valence electrons. The molecule has 2 N–H and O–H groups in total. The summed E-state index contributed by atoms with van der Waals surface area (Å²) in [6.45, 7) is 3.39. The smallest absolute Gasteiger partial charge is 0.0190 e. The van der Waals surface area contributed by atoms with E-state index < -0.39 is 0 Å². The summed E-state index contributed by atoms with van der Waals surface area (Å²) in [5, 5.41) is 7.43. The fourth-order valence-corrected chi connectivity index (χ4v) is 5.23. The number of thiol groups is 1. The SMILES string of the molecule is Cl.Cl.SCCCNCCNC12CC3CC(CC(C3)C1)C2. The summed E-state index contributed by atoms with van der Waals surface area (Å²) in [5.41, 5.74) is 0.542. The topological polar surface area (TPSA) is 24.1 Å². The first-order valence-electron chi connectivity index (χ1n) is 7.86.